The number of hydrazone groups is 1. The van der Waals surface area contributed by atoms with Gasteiger partial charge in [0.1, 0.15) is 5.82 Å². The highest BCUT2D eigenvalue weighted by molar-refractivity contribution is 7.89. The average molecular weight is 387 g/mol. The van der Waals surface area contributed by atoms with Gasteiger partial charge in [0.2, 0.25) is 15.9 Å². The van der Waals surface area contributed by atoms with Gasteiger partial charge in [-0.05, 0) is 59.9 Å². The van der Waals surface area contributed by atoms with E-state index in [1.165, 1.54) is 12.1 Å². The minimum Gasteiger partial charge on any atom is -0.273 e. The minimum atomic E-state index is -3.70. The summed E-state index contributed by atoms with van der Waals surface area (Å²) in [5, 5.41) is 4.11. The lowest BCUT2D eigenvalue weighted by Gasteiger charge is -2.13. The fourth-order valence-corrected chi connectivity index (χ4v) is 4.70. The summed E-state index contributed by atoms with van der Waals surface area (Å²) in [4.78, 5) is 11.3. The number of nitrogens with one attached hydrogen (secondary N) is 2. The number of halogens is 1. The molecule has 6 nitrogen and oxygen atoms in total. The van der Waals surface area contributed by atoms with Crippen LogP contribution < -0.4 is 10.1 Å². The monoisotopic (exact) mass is 387 g/mol. The van der Waals surface area contributed by atoms with Crippen molar-refractivity contribution in [2.75, 3.05) is 0 Å². The molecule has 2 aromatic carbocycles. The number of rotatable bonds is 4. The minimum absolute atomic E-state index is 0.0489. The molecule has 1 amide bonds. The van der Waals surface area contributed by atoms with Crippen LogP contribution in [0, 0.1) is 5.82 Å². The molecule has 0 saturated carbocycles. The van der Waals surface area contributed by atoms with Crippen LogP contribution in [0.25, 0.3) is 0 Å². The highest BCUT2D eigenvalue weighted by Crippen LogP contribution is 2.26. The summed E-state index contributed by atoms with van der Waals surface area (Å²) in [7, 11) is -3.70. The topological polar surface area (TPSA) is 87.6 Å². The Labute approximate surface area is 156 Å². The zero-order valence-corrected chi connectivity index (χ0v) is 15.2. The molecule has 0 bridgehead atoms. The number of fused-ring (bicyclic) bond motifs is 1. The first-order valence-electron chi connectivity index (χ1n) is 8.66. The van der Waals surface area contributed by atoms with Crippen molar-refractivity contribution in [3.8, 4) is 0 Å². The van der Waals surface area contributed by atoms with Crippen LogP contribution >= 0.6 is 0 Å². The first-order valence-corrected chi connectivity index (χ1v) is 10.1. The van der Waals surface area contributed by atoms with Gasteiger partial charge in [-0.25, -0.2) is 23.0 Å². The maximum Gasteiger partial charge on any atom is 0.240 e. The Hall–Kier alpha value is -2.58. The summed E-state index contributed by atoms with van der Waals surface area (Å²) >= 11 is 0. The molecule has 27 heavy (non-hydrogen) atoms. The summed E-state index contributed by atoms with van der Waals surface area (Å²) in [6.07, 6.45) is 2.17. The Morgan fingerprint density at radius 2 is 1.78 bits per heavy atom. The van der Waals surface area contributed by atoms with E-state index >= 15 is 0 Å². The normalized spacial score (nSPS) is 19.4. The SMILES string of the molecule is O=C1CCC(c2ccc3c(c2)CC(NS(=O)(=O)c2ccc(F)cc2)C3)=NN1. The number of amides is 1. The van der Waals surface area contributed by atoms with Gasteiger partial charge in [0.05, 0.1) is 10.6 Å². The molecule has 1 aliphatic heterocycles. The second-order valence-electron chi connectivity index (χ2n) is 6.76. The molecule has 2 aliphatic rings. The standard InChI is InChI=1S/C19H18FN3O3S/c20-15-3-5-17(6-4-15)27(25,26)23-16-10-12-1-2-13(9-14(12)11-16)18-7-8-19(24)22-21-18/h1-6,9,16,23H,7-8,10-11H2,(H,22,24). The van der Waals surface area contributed by atoms with E-state index in [1.54, 1.807) is 0 Å². The molecule has 0 fully saturated rings. The molecule has 4 rings (SSSR count). The number of nitrogens with zero attached hydrogens (tertiary/aromatic N) is 1. The lowest BCUT2D eigenvalue weighted by Crippen LogP contribution is -2.35. The fourth-order valence-electron chi connectivity index (χ4n) is 3.46. The van der Waals surface area contributed by atoms with E-state index in [0.717, 1.165) is 34.5 Å². The molecule has 1 aliphatic carbocycles. The van der Waals surface area contributed by atoms with Crippen molar-refractivity contribution in [3.05, 3.63) is 65.0 Å². The van der Waals surface area contributed by atoms with Crippen molar-refractivity contribution < 1.29 is 17.6 Å². The number of hydrogen-bond acceptors (Lipinski definition) is 4. The summed E-state index contributed by atoms with van der Waals surface area (Å²) < 4.78 is 40.7. The average Bonchev–Trinajstić information content (AvgIpc) is 3.03. The van der Waals surface area contributed by atoms with Gasteiger partial charge in [-0.15, -0.1) is 0 Å². The van der Waals surface area contributed by atoms with Crippen molar-refractivity contribution in [3.63, 3.8) is 0 Å². The highest BCUT2D eigenvalue weighted by atomic mass is 32.2. The number of hydrogen-bond donors (Lipinski definition) is 2. The molecular weight excluding hydrogens is 369 g/mol. The summed E-state index contributed by atoms with van der Waals surface area (Å²) in [5.41, 5.74) is 6.42. The third-order valence-corrected chi connectivity index (χ3v) is 6.36. The van der Waals surface area contributed by atoms with Gasteiger partial charge in [-0.3, -0.25) is 4.79 Å². The molecule has 2 aromatic rings. The Morgan fingerprint density at radius 3 is 2.48 bits per heavy atom. The lowest BCUT2D eigenvalue weighted by molar-refractivity contribution is -0.121. The van der Waals surface area contributed by atoms with Gasteiger partial charge < -0.3 is 0 Å². The Balaban J connectivity index is 1.49. The maximum atomic E-state index is 13.0. The second kappa shape index (κ2) is 6.86. The largest absolute Gasteiger partial charge is 0.273 e. The van der Waals surface area contributed by atoms with E-state index in [2.05, 4.69) is 15.2 Å². The highest BCUT2D eigenvalue weighted by Gasteiger charge is 2.27. The van der Waals surface area contributed by atoms with Crippen LogP contribution in [-0.4, -0.2) is 26.1 Å². The first kappa shape index (κ1) is 17.8. The molecule has 8 heteroatoms. The van der Waals surface area contributed by atoms with Crippen LogP contribution in [-0.2, 0) is 27.7 Å². The van der Waals surface area contributed by atoms with Crippen LogP contribution in [0.3, 0.4) is 0 Å². The molecule has 0 spiro atoms. The number of sulfonamides is 1. The molecule has 1 unspecified atom stereocenters. The van der Waals surface area contributed by atoms with Crippen LogP contribution in [0.1, 0.15) is 29.5 Å². The third-order valence-electron chi connectivity index (χ3n) is 4.82. The van der Waals surface area contributed by atoms with Crippen molar-refractivity contribution in [2.45, 2.75) is 36.6 Å². The van der Waals surface area contributed by atoms with E-state index < -0.39 is 15.8 Å². The van der Waals surface area contributed by atoms with Crippen molar-refractivity contribution in [2.24, 2.45) is 5.10 Å². The zero-order chi connectivity index (χ0) is 19.0. The second-order valence-corrected chi connectivity index (χ2v) is 8.47. The van der Waals surface area contributed by atoms with E-state index in [1.807, 2.05) is 18.2 Å². The predicted octanol–water partition coefficient (Wildman–Crippen LogP) is 1.89. The van der Waals surface area contributed by atoms with E-state index in [9.17, 15) is 17.6 Å². The fraction of sp³-hybridized carbons (Fsp3) is 0.263. The van der Waals surface area contributed by atoms with Crippen LogP contribution in [0.2, 0.25) is 0 Å². The molecule has 140 valence electrons. The predicted molar refractivity (Wildman–Crippen MR) is 98.3 cm³/mol. The molecule has 2 N–H and O–H groups in total. The van der Waals surface area contributed by atoms with E-state index in [4.69, 9.17) is 0 Å². The molecule has 0 radical (unpaired) electrons. The molecule has 0 saturated heterocycles. The third kappa shape index (κ3) is 3.77. The molecular formula is C19H18FN3O3S. The van der Waals surface area contributed by atoms with Gasteiger partial charge in [0, 0.05) is 18.9 Å². The Morgan fingerprint density at radius 1 is 1.04 bits per heavy atom. The molecule has 1 heterocycles. The maximum absolute atomic E-state index is 13.0. The van der Waals surface area contributed by atoms with Crippen molar-refractivity contribution in [1.82, 2.24) is 10.1 Å². The summed E-state index contributed by atoms with van der Waals surface area (Å²) in [6, 6.07) is 10.5. The number of benzene rings is 2. The number of carbonyl (C=O) groups is 1. The van der Waals surface area contributed by atoms with Gasteiger partial charge in [0.25, 0.3) is 0 Å². The Kier molecular flexibility index (Phi) is 4.53. The van der Waals surface area contributed by atoms with Crippen molar-refractivity contribution in [1.29, 1.82) is 0 Å². The van der Waals surface area contributed by atoms with Crippen molar-refractivity contribution >= 4 is 21.6 Å². The van der Waals surface area contributed by atoms with Gasteiger partial charge in [-0.2, -0.15) is 5.10 Å². The first-order chi connectivity index (χ1) is 12.9. The van der Waals surface area contributed by atoms with Gasteiger partial charge >= 0.3 is 0 Å². The molecule has 1 atom stereocenters. The van der Waals surface area contributed by atoms with Crippen LogP contribution in [0.15, 0.2) is 52.5 Å². The number of carbonyl (C=O) groups excluding carboxylic acids is 1. The molecule has 0 aromatic heterocycles. The zero-order valence-electron chi connectivity index (χ0n) is 14.4. The van der Waals surface area contributed by atoms with Crippen LogP contribution in [0.5, 0.6) is 0 Å². The summed E-state index contributed by atoms with van der Waals surface area (Å²) in [5.74, 6) is -0.563. The van der Waals surface area contributed by atoms with Crippen LogP contribution in [0.4, 0.5) is 4.39 Å². The van der Waals surface area contributed by atoms with E-state index in [0.29, 0.717) is 25.7 Å². The van der Waals surface area contributed by atoms with Gasteiger partial charge in [0.15, 0.2) is 0 Å². The van der Waals surface area contributed by atoms with Gasteiger partial charge in [-0.1, -0.05) is 12.1 Å². The lowest BCUT2D eigenvalue weighted by atomic mass is 10.00. The van der Waals surface area contributed by atoms with E-state index in [-0.39, 0.29) is 16.8 Å². The Bertz CT molecular complexity index is 1030. The smallest absolute Gasteiger partial charge is 0.240 e. The summed E-state index contributed by atoms with van der Waals surface area (Å²) in [6.45, 7) is 0. The quantitative estimate of drug-likeness (QED) is 0.840.